The Hall–Kier alpha value is 0.790. The summed E-state index contributed by atoms with van der Waals surface area (Å²) in [6.07, 6.45) is 0. The van der Waals surface area contributed by atoms with Crippen LogP contribution in [0, 0.1) is 0 Å². The van der Waals surface area contributed by atoms with E-state index in [2.05, 4.69) is 0 Å². The third-order valence-corrected chi connectivity index (χ3v) is 0. The molecule has 0 bridgehead atoms. The van der Waals surface area contributed by atoms with Crippen molar-refractivity contribution in [1.29, 1.82) is 0 Å². The summed E-state index contributed by atoms with van der Waals surface area (Å²) >= 11 is 0. The van der Waals surface area contributed by atoms with Gasteiger partial charge in [0.25, 0.3) is 0 Å². The molecular weight excluding hydrogens is 235 g/mol. The van der Waals surface area contributed by atoms with E-state index in [1.54, 1.807) is 0 Å². The average Bonchev–Trinajstić information content (AvgIpc) is 1.50. The van der Waals surface area contributed by atoms with Gasteiger partial charge in [-0.25, -0.2) is 0 Å². The van der Waals surface area contributed by atoms with E-state index >= 15 is 0 Å². The summed E-state index contributed by atoms with van der Waals surface area (Å²) in [5, 5.41) is 16.5. The molecule has 0 heterocycles. The van der Waals surface area contributed by atoms with Gasteiger partial charge in [0.05, 0.1) is 0 Å². The van der Waals surface area contributed by atoms with Crippen LogP contribution in [-0.4, -0.2) is 14.2 Å². The Morgan fingerprint density at radius 2 is 0.800 bits per heavy atom. The van der Waals surface area contributed by atoms with Gasteiger partial charge in [0.1, 0.15) is 0 Å². The maximum Gasteiger partial charge on any atom is 0 e. The first-order valence-electron chi connectivity index (χ1n) is 0.816. The van der Waals surface area contributed by atoms with Gasteiger partial charge in [-0.15, -0.1) is 0 Å². The molecule has 0 aliphatic carbocycles. The minimum absolute atomic E-state index is 0. The van der Waals surface area contributed by atoms with Crippen LogP contribution in [0.5, 0.6) is 0 Å². The first kappa shape index (κ1) is 17.1. The van der Waals surface area contributed by atoms with Crippen molar-refractivity contribution in [2.24, 2.45) is 0 Å². The second-order valence-electron chi connectivity index (χ2n) is 0. The van der Waals surface area contributed by atoms with Gasteiger partial charge >= 0.3 is 0 Å². The Morgan fingerprint density at radius 3 is 0.800 bits per heavy atom. The van der Waals surface area contributed by atoms with Crippen LogP contribution in [0.15, 0.2) is 0 Å². The van der Waals surface area contributed by atoms with Crippen LogP contribution in [0.4, 0.5) is 0 Å². The third-order valence-electron chi connectivity index (χ3n) is 0. The molecule has 0 N–H and O–H groups in total. The molecule has 2 nitrogen and oxygen atoms in total. The number of rotatable bonds is 0. The average molecular weight is 241 g/mol. The summed E-state index contributed by atoms with van der Waals surface area (Å²) in [7, 11) is 1.50. The van der Waals surface area contributed by atoms with Gasteiger partial charge in [0, 0.05) is 25.8 Å². The Bertz CT molecular complexity index is 7.61. The molecule has 0 saturated heterocycles. The SMILES string of the molecule is C[O-].C[O-].[Hf]. The zero-order valence-electron chi connectivity index (χ0n) is 3.32. The van der Waals surface area contributed by atoms with Crippen molar-refractivity contribution < 1.29 is 36.1 Å². The minimum atomic E-state index is 0. The molecule has 0 radical (unpaired) electrons. The van der Waals surface area contributed by atoms with Gasteiger partial charge in [-0.2, -0.15) is 14.2 Å². The molecule has 0 fully saturated rings. The van der Waals surface area contributed by atoms with E-state index in [1.165, 1.54) is 0 Å². The fraction of sp³-hybridized carbons (Fsp3) is 1.00. The number of hydrogen-bond acceptors (Lipinski definition) is 2. The molecule has 0 unspecified atom stereocenters. The molecule has 0 amide bonds. The van der Waals surface area contributed by atoms with Gasteiger partial charge in [-0.1, -0.05) is 0 Å². The maximum absolute atomic E-state index is 8.25. The molecule has 32 valence electrons. The Morgan fingerprint density at radius 1 is 0.800 bits per heavy atom. The summed E-state index contributed by atoms with van der Waals surface area (Å²) in [5.74, 6) is 0. The van der Waals surface area contributed by atoms with Gasteiger partial charge in [0.2, 0.25) is 0 Å². The van der Waals surface area contributed by atoms with Crippen LogP contribution in [0.1, 0.15) is 0 Å². The standard InChI is InChI=1S/2CH3O.Hf/c2*1-2;/h2*1H3;/q2*-1;. The van der Waals surface area contributed by atoms with Crippen LogP contribution in [-0.2, 0) is 25.8 Å². The largest absolute Gasteiger partial charge is 0.857 e. The van der Waals surface area contributed by atoms with Crippen molar-refractivity contribution in [2.45, 2.75) is 0 Å². The molecule has 5 heavy (non-hydrogen) atoms. The first-order chi connectivity index (χ1) is 2.00. The summed E-state index contributed by atoms with van der Waals surface area (Å²) in [5.41, 5.74) is 0. The molecule has 0 aromatic rings. The van der Waals surface area contributed by atoms with Gasteiger partial charge in [-0.3, -0.25) is 0 Å². The van der Waals surface area contributed by atoms with Crippen LogP contribution >= 0.6 is 0 Å². The van der Waals surface area contributed by atoms with Crippen LogP contribution in [0.2, 0.25) is 0 Å². The molecule has 0 rings (SSSR count). The zero-order chi connectivity index (χ0) is 4.00. The zero-order valence-corrected chi connectivity index (χ0v) is 6.91. The normalized spacial score (nSPS) is 2.40. The Kier molecular flexibility index (Phi) is 376. The predicted octanol–water partition coefficient (Wildman–Crippen LogP) is -2.05. The second kappa shape index (κ2) is 110. The summed E-state index contributed by atoms with van der Waals surface area (Å²) in [6.45, 7) is 0. The quantitative estimate of drug-likeness (QED) is 0.458. The summed E-state index contributed by atoms with van der Waals surface area (Å²) < 4.78 is 0. The summed E-state index contributed by atoms with van der Waals surface area (Å²) in [6, 6.07) is 0. The van der Waals surface area contributed by atoms with Crippen LogP contribution in [0.25, 0.3) is 0 Å². The van der Waals surface area contributed by atoms with E-state index in [9.17, 15) is 0 Å². The molecule has 0 spiro atoms. The molecule has 0 aliphatic rings. The predicted molar refractivity (Wildman–Crippen MR) is 11.8 cm³/mol. The topological polar surface area (TPSA) is 46.1 Å². The molecule has 0 saturated carbocycles. The van der Waals surface area contributed by atoms with E-state index in [0.29, 0.717) is 0 Å². The molecule has 0 aliphatic heterocycles. The molecule has 0 aromatic carbocycles. The van der Waals surface area contributed by atoms with Crippen molar-refractivity contribution in [3.05, 3.63) is 0 Å². The van der Waals surface area contributed by atoms with Crippen molar-refractivity contribution in [3.63, 3.8) is 0 Å². The van der Waals surface area contributed by atoms with Crippen molar-refractivity contribution >= 4 is 0 Å². The Balaban J connectivity index is -0.0000000133. The van der Waals surface area contributed by atoms with Crippen molar-refractivity contribution in [2.75, 3.05) is 14.2 Å². The van der Waals surface area contributed by atoms with Crippen LogP contribution in [0.3, 0.4) is 0 Å². The van der Waals surface area contributed by atoms with Gasteiger partial charge in [-0.05, 0) is 0 Å². The monoisotopic (exact) mass is 242 g/mol. The van der Waals surface area contributed by atoms with Crippen molar-refractivity contribution in [3.8, 4) is 0 Å². The van der Waals surface area contributed by atoms with Crippen LogP contribution < -0.4 is 10.2 Å². The van der Waals surface area contributed by atoms with E-state index in [4.69, 9.17) is 10.2 Å². The maximum atomic E-state index is 8.25. The van der Waals surface area contributed by atoms with Gasteiger partial charge in [0.15, 0.2) is 0 Å². The van der Waals surface area contributed by atoms with E-state index in [-0.39, 0.29) is 25.8 Å². The number of hydrogen-bond donors (Lipinski definition) is 0. The molecule has 3 heteroatoms. The van der Waals surface area contributed by atoms with Gasteiger partial charge < -0.3 is 10.2 Å². The van der Waals surface area contributed by atoms with E-state index in [1.807, 2.05) is 0 Å². The molecular formula is C2H6HfO2-2. The summed E-state index contributed by atoms with van der Waals surface area (Å²) in [4.78, 5) is 0. The third kappa shape index (κ3) is 59.7. The smallest absolute Gasteiger partial charge is 0 e. The fourth-order valence-electron chi connectivity index (χ4n) is 0. The molecule has 0 aromatic heterocycles. The first-order valence-corrected chi connectivity index (χ1v) is 0.816. The second-order valence-corrected chi connectivity index (χ2v) is 0. The molecule has 0 atom stereocenters. The van der Waals surface area contributed by atoms with Crippen molar-refractivity contribution in [1.82, 2.24) is 0 Å². The Labute approximate surface area is 50.6 Å². The fourth-order valence-corrected chi connectivity index (χ4v) is 0. The van der Waals surface area contributed by atoms with E-state index in [0.717, 1.165) is 14.2 Å². The van der Waals surface area contributed by atoms with E-state index < -0.39 is 0 Å². The minimum Gasteiger partial charge on any atom is -0.857 e.